The molecule has 8 heteroatoms. The Morgan fingerprint density at radius 1 is 1.36 bits per heavy atom. The Balaban J connectivity index is 1.65. The van der Waals surface area contributed by atoms with Crippen LogP contribution in [-0.2, 0) is 14.8 Å². The number of sulfonamides is 1. The number of benzene rings is 1. The third-order valence-corrected chi connectivity index (χ3v) is 5.99. The van der Waals surface area contributed by atoms with Crippen molar-refractivity contribution in [2.45, 2.75) is 16.7 Å². The Labute approximate surface area is 133 Å². The minimum Gasteiger partial charge on any atom is -0.373 e. The van der Waals surface area contributed by atoms with Crippen molar-refractivity contribution in [1.29, 1.82) is 0 Å². The van der Waals surface area contributed by atoms with Crippen molar-refractivity contribution in [3.63, 3.8) is 0 Å². The Hall–Kier alpha value is -1.48. The first-order valence-electron chi connectivity index (χ1n) is 6.93. The lowest BCUT2D eigenvalue weighted by Crippen LogP contribution is -2.17. The molecule has 0 spiro atoms. The van der Waals surface area contributed by atoms with E-state index in [1.54, 1.807) is 0 Å². The fourth-order valence-electron chi connectivity index (χ4n) is 2.55. The van der Waals surface area contributed by atoms with Crippen LogP contribution in [0.5, 0.6) is 0 Å². The van der Waals surface area contributed by atoms with Gasteiger partial charge in [0.05, 0.1) is 12.3 Å². The second-order valence-electron chi connectivity index (χ2n) is 5.16. The summed E-state index contributed by atoms with van der Waals surface area (Å²) in [5, 5.41) is 8.83. The molecule has 22 heavy (non-hydrogen) atoms. The number of rotatable bonds is 5. The highest BCUT2D eigenvalue weighted by atomic mass is 32.2. The van der Waals surface area contributed by atoms with Gasteiger partial charge >= 0.3 is 0 Å². The molecule has 2 aromatic rings. The predicted octanol–water partition coefficient (Wildman–Crippen LogP) is 1.98. The molecule has 6 nitrogen and oxygen atoms in total. The van der Waals surface area contributed by atoms with E-state index in [9.17, 15) is 8.42 Å². The van der Waals surface area contributed by atoms with Crippen molar-refractivity contribution >= 4 is 26.5 Å². The molecule has 1 aromatic carbocycles. The lowest BCUT2D eigenvalue weighted by atomic mass is 9.95. The first-order valence-corrected chi connectivity index (χ1v) is 9.29. The highest BCUT2D eigenvalue weighted by Gasteiger charge is 2.29. The zero-order chi connectivity index (χ0) is 15.6. The molecule has 1 saturated heterocycles. The van der Waals surface area contributed by atoms with Crippen LogP contribution in [0.4, 0.5) is 5.13 Å². The van der Waals surface area contributed by atoms with E-state index in [0.29, 0.717) is 17.6 Å². The van der Waals surface area contributed by atoms with Crippen LogP contribution in [0.25, 0.3) is 0 Å². The molecule has 1 aromatic heterocycles. The Bertz CT molecular complexity index is 731. The molecule has 1 aliphatic rings. The van der Waals surface area contributed by atoms with E-state index in [2.05, 4.69) is 22.4 Å². The summed E-state index contributed by atoms with van der Waals surface area (Å²) in [7, 11) is -3.68. The van der Waals surface area contributed by atoms with Gasteiger partial charge in [-0.2, -0.15) is 0 Å². The predicted molar refractivity (Wildman–Crippen MR) is 85.2 cm³/mol. The summed E-state index contributed by atoms with van der Waals surface area (Å²) in [4.78, 5) is 4.05. The Morgan fingerprint density at radius 2 is 2.14 bits per heavy atom. The van der Waals surface area contributed by atoms with Gasteiger partial charge in [-0.05, 0) is 12.0 Å². The lowest BCUT2D eigenvalue weighted by Gasteiger charge is -2.19. The summed E-state index contributed by atoms with van der Waals surface area (Å²) in [6.07, 6.45) is 2.30. The topological polar surface area (TPSA) is 94.3 Å². The van der Waals surface area contributed by atoms with Gasteiger partial charge in [0.2, 0.25) is 10.0 Å². The van der Waals surface area contributed by atoms with Crippen LogP contribution in [0.15, 0.2) is 40.7 Å². The SMILES string of the molecule is NS(=O)(=O)c1cnc(NCC2CCOC2c2ccccc2)s1. The van der Waals surface area contributed by atoms with Gasteiger partial charge < -0.3 is 10.1 Å². The molecule has 2 heterocycles. The van der Waals surface area contributed by atoms with Crippen molar-refractivity contribution in [1.82, 2.24) is 4.98 Å². The molecule has 3 N–H and O–H groups in total. The van der Waals surface area contributed by atoms with E-state index in [0.717, 1.165) is 29.9 Å². The average molecular weight is 339 g/mol. The Morgan fingerprint density at radius 3 is 2.82 bits per heavy atom. The summed E-state index contributed by atoms with van der Waals surface area (Å²) in [6, 6.07) is 10.1. The maximum absolute atomic E-state index is 11.2. The molecule has 2 atom stereocenters. The van der Waals surface area contributed by atoms with Crippen LogP contribution >= 0.6 is 11.3 Å². The number of nitrogens with zero attached hydrogens (tertiary/aromatic N) is 1. The zero-order valence-corrected chi connectivity index (χ0v) is 13.4. The van der Waals surface area contributed by atoms with Crippen LogP contribution < -0.4 is 10.5 Å². The molecule has 3 rings (SSSR count). The van der Waals surface area contributed by atoms with Crippen LogP contribution in [-0.4, -0.2) is 26.6 Å². The maximum atomic E-state index is 11.2. The smallest absolute Gasteiger partial charge is 0.249 e. The second-order valence-corrected chi connectivity index (χ2v) is 7.98. The zero-order valence-electron chi connectivity index (χ0n) is 11.8. The molecule has 2 unspecified atom stereocenters. The van der Waals surface area contributed by atoms with Crippen LogP contribution in [0, 0.1) is 5.92 Å². The van der Waals surface area contributed by atoms with E-state index in [1.807, 2.05) is 18.2 Å². The number of nitrogens with one attached hydrogen (secondary N) is 1. The summed E-state index contributed by atoms with van der Waals surface area (Å²) in [5.74, 6) is 0.323. The van der Waals surface area contributed by atoms with Gasteiger partial charge in [0.25, 0.3) is 0 Å². The molecule has 1 fully saturated rings. The van der Waals surface area contributed by atoms with Gasteiger partial charge in [-0.25, -0.2) is 18.5 Å². The molecule has 0 radical (unpaired) electrons. The lowest BCUT2D eigenvalue weighted by molar-refractivity contribution is 0.0933. The van der Waals surface area contributed by atoms with Crippen LogP contribution in [0.3, 0.4) is 0 Å². The van der Waals surface area contributed by atoms with E-state index in [4.69, 9.17) is 9.88 Å². The van der Waals surface area contributed by atoms with E-state index in [1.165, 1.54) is 6.20 Å². The number of primary sulfonamides is 1. The van der Waals surface area contributed by atoms with Crippen LogP contribution in [0.1, 0.15) is 18.1 Å². The molecule has 0 bridgehead atoms. The highest BCUT2D eigenvalue weighted by Crippen LogP contribution is 2.34. The van der Waals surface area contributed by atoms with Crippen molar-refractivity contribution < 1.29 is 13.2 Å². The summed E-state index contributed by atoms with van der Waals surface area (Å²) in [5.41, 5.74) is 1.16. The maximum Gasteiger partial charge on any atom is 0.249 e. The van der Waals surface area contributed by atoms with Gasteiger partial charge in [0, 0.05) is 19.1 Å². The third-order valence-electron chi connectivity index (χ3n) is 3.62. The number of hydrogen-bond donors (Lipinski definition) is 2. The standard InChI is InChI=1S/C14H17N3O3S2/c15-22(18,19)12-9-17-14(21-12)16-8-11-6-7-20-13(11)10-4-2-1-3-5-10/h1-5,9,11,13H,6-8H2,(H,16,17)(H2,15,18,19). The normalized spacial score (nSPS) is 21.9. The number of thiazole rings is 1. The van der Waals surface area contributed by atoms with Gasteiger partial charge in [-0.3, -0.25) is 0 Å². The Kier molecular flexibility index (Phi) is 4.44. The number of anilines is 1. The number of nitrogens with two attached hydrogens (primary N) is 1. The minimum absolute atomic E-state index is 0.0615. The van der Waals surface area contributed by atoms with Crippen LogP contribution in [0.2, 0.25) is 0 Å². The largest absolute Gasteiger partial charge is 0.373 e. The third kappa shape index (κ3) is 3.46. The summed E-state index contributed by atoms with van der Waals surface area (Å²) in [6.45, 7) is 1.41. The molecular formula is C14H17N3O3S2. The molecular weight excluding hydrogens is 322 g/mol. The van der Waals surface area contributed by atoms with Crippen molar-refractivity contribution in [3.8, 4) is 0 Å². The number of hydrogen-bond acceptors (Lipinski definition) is 6. The average Bonchev–Trinajstić information content (AvgIpc) is 3.14. The van der Waals surface area contributed by atoms with E-state index in [-0.39, 0.29) is 10.3 Å². The second kappa shape index (κ2) is 6.33. The quantitative estimate of drug-likeness (QED) is 0.868. The number of aromatic nitrogens is 1. The van der Waals surface area contributed by atoms with Gasteiger partial charge in [0.1, 0.15) is 0 Å². The molecule has 0 amide bonds. The van der Waals surface area contributed by atoms with Crippen molar-refractivity contribution in [2.24, 2.45) is 11.1 Å². The monoisotopic (exact) mass is 339 g/mol. The molecule has 1 aliphatic heterocycles. The minimum atomic E-state index is -3.68. The molecule has 118 valence electrons. The van der Waals surface area contributed by atoms with Crippen molar-refractivity contribution in [3.05, 3.63) is 42.1 Å². The fourth-order valence-corrected chi connectivity index (χ4v) is 4.00. The number of ether oxygens (including phenoxy) is 1. The van der Waals surface area contributed by atoms with E-state index < -0.39 is 10.0 Å². The van der Waals surface area contributed by atoms with Gasteiger partial charge in [-0.1, -0.05) is 41.7 Å². The van der Waals surface area contributed by atoms with E-state index >= 15 is 0 Å². The van der Waals surface area contributed by atoms with Gasteiger partial charge in [0.15, 0.2) is 9.34 Å². The molecule has 0 saturated carbocycles. The summed E-state index contributed by atoms with van der Waals surface area (Å²) >= 11 is 1.04. The highest BCUT2D eigenvalue weighted by molar-refractivity contribution is 7.91. The fraction of sp³-hybridized carbons (Fsp3) is 0.357. The van der Waals surface area contributed by atoms with Crippen molar-refractivity contribution in [2.75, 3.05) is 18.5 Å². The van der Waals surface area contributed by atoms with Gasteiger partial charge in [-0.15, -0.1) is 0 Å². The molecule has 0 aliphatic carbocycles. The summed E-state index contributed by atoms with van der Waals surface area (Å²) < 4.78 is 28.4. The first-order chi connectivity index (χ1) is 10.5. The first kappa shape index (κ1) is 15.4.